The smallest absolute Gasteiger partial charge is 0.254 e. The molecule has 0 saturated carbocycles. The number of carbonyl (C=O) groups excluding carboxylic acids is 2. The average Bonchev–Trinajstić information content (AvgIpc) is 2.93. The van der Waals surface area contributed by atoms with Crippen molar-refractivity contribution in [2.24, 2.45) is 0 Å². The minimum Gasteiger partial charge on any atom is -0.508 e. The second-order valence-corrected chi connectivity index (χ2v) is 10.6. The van der Waals surface area contributed by atoms with Crippen LogP contribution in [0, 0.1) is 0 Å². The number of phenolic OH excluding ortho intramolecular Hbond substituents is 2. The van der Waals surface area contributed by atoms with Gasteiger partial charge in [0.1, 0.15) is 11.5 Å². The molecule has 2 amide bonds. The second-order valence-electron chi connectivity index (χ2n) is 10.6. The molecule has 0 aliphatic carbocycles. The maximum absolute atomic E-state index is 13.3. The Kier molecular flexibility index (Phi) is 13.1. The Morgan fingerprint density at radius 2 is 1.54 bits per heavy atom. The lowest BCUT2D eigenvalue weighted by Crippen LogP contribution is -2.46. The summed E-state index contributed by atoms with van der Waals surface area (Å²) in [6.45, 7) is 4.51. The van der Waals surface area contributed by atoms with E-state index < -0.39 is 0 Å². The molecule has 0 fully saturated rings. The van der Waals surface area contributed by atoms with Crippen LogP contribution >= 0.6 is 0 Å². The molecule has 214 valence electrons. The number of amides is 2. The standard InChI is InChI=1S/C32H46N2O5/c1-2-3-19-33-31(37)12-10-8-6-4-5-7-9-11-20-39-24-28-21-27-22-30(36)18-15-26(27)23-34(28)32(38)25-13-16-29(35)17-14-25/h13-18,22,28,35-36H,2-12,19-21,23-24H2,1H3,(H,33,37). The summed E-state index contributed by atoms with van der Waals surface area (Å²) in [5, 5.41) is 22.5. The number of nitrogens with one attached hydrogen (secondary N) is 1. The molecule has 1 aliphatic heterocycles. The molecule has 1 heterocycles. The first-order valence-corrected chi connectivity index (χ1v) is 14.7. The van der Waals surface area contributed by atoms with Crippen LogP contribution in [0.2, 0.25) is 0 Å². The van der Waals surface area contributed by atoms with E-state index in [1.165, 1.54) is 37.8 Å². The van der Waals surface area contributed by atoms with E-state index in [1.807, 2.05) is 11.0 Å². The van der Waals surface area contributed by atoms with Gasteiger partial charge in [-0.25, -0.2) is 0 Å². The first-order chi connectivity index (χ1) is 19.0. The zero-order chi connectivity index (χ0) is 27.9. The molecule has 0 aromatic heterocycles. The van der Waals surface area contributed by atoms with Crippen LogP contribution in [0.25, 0.3) is 0 Å². The third-order valence-corrected chi connectivity index (χ3v) is 7.41. The zero-order valence-electron chi connectivity index (χ0n) is 23.5. The molecule has 39 heavy (non-hydrogen) atoms. The van der Waals surface area contributed by atoms with Gasteiger partial charge in [-0.05, 0) is 73.2 Å². The Hall–Kier alpha value is -3.06. The molecule has 0 saturated heterocycles. The van der Waals surface area contributed by atoms with E-state index in [1.54, 1.807) is 24.3 Å². The van der Waals surface area contributed by atoms with Gasteiger partial charge < -0.3 is 25.2 Å². The van der Waals surface area contributed by atoms with Crippen molar-refractivity contribution in [3.8, 4) is 11.5 Å². The zero-order valence-corrected chi connectivity index (χ0v) is 23.5. The maximum atomic E-state index is 13.3. The Morgan fingerprint density at radius 3 is 2.26 bits per heavy atom. The number of fused-ring (bicyclic) bond motifs is 1. The Balaban J connectivity index is 1.32. The van der Waals surface area contributed by atoms with Gasteiger partial charge >= 0.3 is 0 Å². The highest BCUT2D eigenvalue weighted by Gasteiger charge is 2.30. The van der Waals surface area contributed by atoms with Gasteiger partial charge in [-0.3, -0.25) is 9.59 Å². The summed E-state index contributed by atoms with van der Waals surface area (Å²) in [7, 11) is 0. The maximum Gasteiger partial charge on any atom is 0.254 e. The van der Waals surface area contributed by atoms with Crippen LogP contribution in [-0.2, 0) is 22.5 Å². The number of hydrogen-bond donors (Lipinski definition) is 3. The minimum absolute atomic E-state index is 0.0838. The summed E-state index contributed by atoms with van der Waals surface area (Å²) in [6.07, 6.45) is 12.4. The molecular weight excluding hydrogens is 492 g/mol. The van der Waals surface area contributed by atoms with Gasteiger partial charge in [-0.15, -0.1) is 0 Å². The molecule has 7 heteroatoms. The lowest BCUT2D eigenvalue weighted by molar-refractivity contribution is -0.121. The minimum atomic E-state index is -0.116. The van der Waals surface area contributed by atoms with E-state index in [0.29, 0.717) is 38.2 Å². The molecule has 2 aromatic rings. The van der Waals surface area contributed by atoms with Crippen LogP contribution < -0.4 is 5.32 Å². The number of unbranched alkanes of at least 4 members (excludes halogenated alkanes) is 8. The topological polar surface area (TPSA) is 99.1 Å². The van der Waals surface area contributed by atoms with Crippen molar-refractivity contribution < 1.29 is 24.5 Å². The Morgan fingerprint density at radius 1 is 0.872 bits per heavy atom. The highest BCUT2D eigenvalue weighted by Crippen LogP contribution is 2.28. The highest BCUT2D eigenvalue weighted by molar-refractivity contribution is 5.94. The van der Waals surface area contributed by atoms with Crippen LogP contribution in [0.4, 0.5) is 0 Å². The van der Waals surface area contributed by atoms with Crippen LogP contribution in [-0.4, -0.2) is 52.7 Å². The molecule has 7 nitrogen and oxygen atoms in total. The van der Waals surface area contributed by atoms with Crippen molar-refractivity contribution in [3.05, 3.63) is 59.2 Å². The van der Waals surface area contributed by atoms with Gasteiger partial charge in [0.25, 0.3) is 5.91 Å². The van der Waals surface area contributed by atoms with Gasteiger partial charge in [0, 0.05) is 31.7 Å². The highest BCUT2D eigenvalue weighted by atomic mass is 16.5. The SMILES string of the molecule is CCCCNC(=O)CCCCCCCCCCOCC1Cc2cc(O)ccc2CN1C(=O)c1ccc(O)cc1. The lowest BCUT2D eigenvalue weighted by atomic mass is 9.93. The number of carbonyl (C=O) groups is 2. The molecule has 3 rings (SSSR count). The summed E-state index contributed by atoms with van der Waals surface area (Å²) in [6, 6.07) is 11.6. The van der Waals surface area contributed by atoms with E-state index in [2.05, 4.69) is 12.2 Å². The molecule has 2 aromatic carbocycles. The summed E-state index contributed by atoms with van der Waals surface area (Å²) >= 11 is 0. The van der Waals surface area contributed by atoms with Crippen molar-refractivity contribution in [1.82, 2.24) is 10.2 Å². The van der Waals surface area contributed by atoms with E-state index in [9.17, 15) is 19.8 Å². The number of hydrogen-bond acceptors (Lipinski definition) is 5. The third kappa shape index (κ3) is 10.6. The summed E-state index contributed by atoms with van der Waals surface area (Å²) < 4.78 is 6.04. The van der Waals surface area contributed by atoms with Crippen LogP contribution in [0.3, 0.4) is 0 Å². The summed E-state index contributed by atoms with van der Waals surface area (Å²) in [5.41, 5.74) is 2.62. The van der Waals surface area contributed by atoms with Gasteiger partial charge in [0.2, 0.25) is 5.91 Å². The average molecular weight is 539 g/mol. The van der Waals surface area contributed by atoms with Gasteiger partial charge in [-0.2, -0.15) is 0 Å². The summed E-state index contributed by atoms with van der Waals surface area (Å²) in [4.78, 5) is 26.9. The van der Waals surface area contributed by atoms with Gasteiger partial charge in [-0.1, -0.05) is 57.9 Å². The lowest BCUT2D eigenvalue weighted by Gasteiger charge is -2.37. The molecular formula is C32H46N2O5. The normalized spacial score (nSPS) is 14.7. The van der Waals surface area contributed by atoms with E-state index in [-0.39, 0.29) is 29.4 Å². The quantitative estimate of drug-likeness (QED) is 0.211. The fraction of sp³-hybridized carbons (Fsp3) is 0.562. The van der Waals surface area contributed by atoms with Crippen LogP contribution in [0.15, 0.2) is 42.5 Å². The molecule has 0 radical (unpaired) electrons. The van der Waals surface area contributed by atoms with E-state index in [4.69, 9.17) is 4.74 Å². The number of phenols is 2. The predicted molar refractivity (Wildman–Crippen MR) is 154 cm³/mol. The fourth-order valence-corrected chi connectivity index (χ4v) is 5.05. The fourth-order valence-electron chi connectivity index (χ4n) is 5.05. The first-order valence-electron chi connectivity index (χ1n) is 14.7. The Labute approximate surface area is 233 Å². The second kappa shape index (κ2) is 16.8. The summed E-state index contributed by atoms with van der Waals surface area (Å²) in [5.74, 6) is 0.471. The van der Waals surface area contributed by atoms with Crippen molar-refractivity contribution in [1.29, 1.82) is 0 Å². The largest absolute Gasteiger partial charge is 0.508 e. The molecule has 1 aliphatic rings. The number of nitrogens with zero attached hydrogens (tertiary/aromatic N) is 1. The Bertz CT molecular complexity index is 1020. The molecule has 0 bridgehead atoms. The van der Waals surface area contributed by atoms with Crippen molar-refractivity contribution in [3.63, 3.8) is 0 Å². The first kappa shape index (κ1) is 30.5. The van der Waals surface area contributed by atoms with Gasteiger partial charge in [0.05, 0.1) is 12.6 Å². The van der Waals surface area contributed by atoms with Crippen molar-refractivity contribution in [2.45, 2.75) is 96.6 Å². The molecule has 1 unspecified atom stereocenters. The number of rotatable bonds is 17. The molecule has 0 spiro atoms. The number of benzene rings is 2. The van der Waals surface area contributed by atoms with E-state index in [0.717, 1.165) is 56.2 Å². The monoisotopic (exact) mass is 538 g/mol. The predicted octanol–water partition coefficient (Wildman–Crippen LogP) is 6.11. The third-order valence-electron chi connectivity index (χ3n) is 7.41. The van der Waals surface area contributed by atoms with Crippen LogP contribution in [0.5, 0.6) is 11.5 Å². The van der Waals surface area contributed by atoms with Gasteiger partial charge in [0.15, 0.2) is 0 Å². The number of ether oxygens (including phenoxy) is 1. The number of aromatic hydroxyl groups is 2. The van der Waals surface area contributed by atoms with Crippen molar-refractivity contribution in [2.75, 3.05) is 19.8 Å². The molecule has 3 N–H and O–H groups in total. The molecule has 1 atom stereocenters. The van der Waals surface area contributed by atoms with Crippen molar-refractivity contribution >= 4 is 11.8 Å². The van der Waals surface area contributed by atoms with Crippen LogP contribution in [0.1, 0.15) is 99.0 Å². The van der Waals surface area contributed by atoms with E-state index >= 15 is 0 Å².